The zero-order valence-corrected chi connectivity index (χ0v) is 11.1. The molecule has 0 atom stereocenters. The van der Waals surface area contributed by atoms with Crippen LogP contribution < -0.4 is 0 Å². The Labute approximate surface area is 90.7 Å². The summed E-state index contributed by atoms with van der Waals surface area (Å²) in [6.45, 7) is 11.5. The molecule has 2 heteroatoms. The highest BCUT2D eigenvalue weighted by Crippen LogP contribution is 2.26. The minimum absolute atomic E-state index is 0.945. The summed E-state index contributed by atoms with van der Waals surface area (Å²) in [5.74, 6) is 0. The summed E-state index contributed by atoms with van der Waals surface area (Å²) in [5, 5.41) is 0. The van der Waals surface area contributed by atoms with Crippen LogP contribution >= 0.6 is 0 Å². The summed E-state index contributed by atoms with van der Waals surface area (Å²) >= 11 is 0. The van der Waals surface area contributed by atoms with Crippen molar-refractivity contribution in [1.82, 2.24) is 0 Å². The summed E-state index contributed by atoms with van der Waals surface area (Å²) in [6.07, 6.45) is 5.71. The van der Waals surface area contributed by atoms with E-state index in [0.29, 0.717) is 0 Å². The summed E-state index contributed by atoms with van der Waals surface area (Å²) in [5.41, 5.74) is 0. The zero-order chi connectivity index (χ0) is 10.9. The third-order valence-corrected chi connectivity index (χ3v) is 7.21. The molecule has 0 aromatic carbocycles. The topological polar surface area (TPSA) is 9.23 Å². The van der Waals surface area contributed by atoms with Crippen molar-refractivity contribution >= 4 is 8.32 Å². The van der Waals surface area contributed by atoms with Gasteiger partial charge in [0.2, 0.25) is 0 Å². The Bertz CT molecular complexity index is 139. The van der Waals surface area contributed by atoms with Gasteiger partial charge < -0.3 is 4.43 Å². The first kappa shape index (κ1) is 13.9. The maximum absolute atomic E-state index is 6.17. The SMILES string of the molecule is C=CC[Si](CCC)(CCC)OCCC. The highest BCUT2D eigenvalue weighted by Gasteiger charge is 2.31. The molecule has 0 amide bonds. The van der Waals surface area contributed by atoms with E-state index in [1.165, 1.54) is 24.9 Å². The quantitative estimate of drug-likeness (QED) is 0.409. The molecule has 0 aliphatic rings. The van der Waals surface area contributed by atoms with E-state index in [1.807, 2.05) is 0 Å². The maximum atomic E-state index is 6.17. The monoisotopic (exact) mass is 214 g/mol. The van der Waals surface area contributed by atoms with E-state index in [9.17, 15) is 0 Å². The van der Waals surface area contributed by atoms with E-state index >= 15 is 0 Å². The lowest BCUT2D eigenvalue weighted by Crippen LogP contribution is -2.37. The molecule has 0 radical (unpaired) electrons. The highest BCUT2D eigenvalue weighted by molar-refractivity contribution is 6.74. The third-order valence-electron chi connectivity index (χ3n) is 2.54. The fraction of sp³-hybridized carbons (Fsp3) is 0.833. The van der Waals surface area contributed by atoms with E-state index in [-0.39, 0.29) is 0 Å². The van der Waals surface area contributed by atoms with Gasteiger partial charge in [-0.05, 0) is 24.6 Å². The van der Waals surface area contributed by atoms with Crippen molar-refractivity contribution in [2.24, 2.45) is 0 Å². The van der Waals surface area contributed by atoms with Gasteiger partial charge in [0.05, 0.1) is 0 Å². The molecular formula is C12H26OSi. The molecular weight excluding hydrogens is 188 g/mol. The van der Waals surface area contributed by atoms with Crippen molar-refractivity contribution in [3.63, 3.8) is 0 Å². The molecule has 0 spiro atoms. The van der Waals surface area contributed by atoms with Gasteiger partial charge in [-0.1, -0.05) is 39.7 Å². The predicted molar refractivity (Wildman–Crippen MR) is 67.2 cm³/mol. The Morgan fingerprint density at radius 3 is 2.00 bits per heavy atom. The van der Waals surface area contributed by atoms with E-state index < -0.39 is 8.32 Å². The van der Waals surface area contributed by atoms with E-state index in [2.05, 4.69) is 33.4 Å². The summed E-state index contributed by atoms with van der Waals surface area (Å²) in [6, 6.07) is 3.73. The van der Waals surface area contributed by atoms with Gasteiger partial charge in [0.1, 0.15) is 0 Å². The standard InChI is InChI=1S/C12H26OSi/c1-5-9-13-14(10-6-2,11-7-3)12-8-4/h6H,2,5,7-12H2,1,3-4H3. The Kier molecular flexibility index (Phi) is 8.19. The summed E-state index contributed by atoms with van der Waals surface area (Å²) in [4.78, 5) is 0. The Morgan fingerprint density at radius 1 is 1.07 bits per heavy atom. The van der Waals surface area contributed by atoms with Crippen LogP contribution in [0.25, 0.3) is 0 Å². The van der Waals surface area contributed by atoms with Crippen molar-refractivity contribution in [1.29, 1.82) is 0 Å². The molecule has 0 unspecified atom stereocenters. The zero-order valence-electron chi connectivity index (χ0n) is 10.1. The average molecular weight is 214 g/mol. The number of hydrogen-bond donors (Lipinski definition) is 0. The van der Waals surface area contributed by atoms with E-state index in [0.717, 1.165) is 19.1 Å². The lowest BCUT2D eigenvalue weighted by molar-refractivity contribution is 0.298. The Balaban J connectivity index is 4.28. The number of hydrogen-bond acceptors (Lipinski definition) is 1. The van der Waals surface area contributed by atoms with Crippen molar-refractivity contribution in [2.75, 3.05) is 6.61 Å². The van der Waals surface area contributed by atoms with Gasteiger partial charge in [-0.25, -0.2) is 0 Å². The molecule has 0 heterocycles. The van der Waals surface area contributed by atoms with Crippen molar-refractivity contribution in [3.8, 4) is 0 Å². The van der Waals surface area contributed by atoms with Crippen molar-refractivity contribution in [3.05, 3.63) is 12.7 Å². The molecule has 0 fully saturated rings. The lowest BCUT2D eigenvalue weighted by atomic mass is 10.5. The second kappa shape index (κ2) is 8.24. The van der Waals surface area contributed by atoms with Crippen LogP contribution in [-0.4, -0.2) is 14.9 Å². The fourth-order valence-electron chi connectivity index (χ4n) is 2.03. The van der Waals surface area contributed by atoms with Gasteiger partial charge in [0.25, 0.3) is 0 Å². The molecule has 0 rings (SSSR count). The van der Waals surface area contributed by atoms with Crippen molar-refractivity contribution < 1.29 is 4.43 Å². The second-order valence-electron chi connectivity index (χ2n) is 4.02. The molecule has 0 saturated heterocycles. The Hall–Kier alpha value is -0.0831. The van der Waals surface area contributed by atoms with Crippen LogP contribution in [-0.2, 0) is 4.43 Å². The summed E-state index contributed by atoms with van der Waals surface area (Å²) in [7, 11) is -1.43. The van der Waals surface area contributed by atoms with E-state index in [1.54, 1.807) is 0 Å². The van der Waals surface area contributed by atoms with Crippen LogP contribution in [0.1, 0.15) is 40.0 Å². The molecule has 84 valence electrons. The first-order chi connectivity index (χ1) is 6.74. The normalized spacial score (nSPS) is 11.6. The minimum Gasteiger partial charge on any atom is -0.417 e. The molecule has 0 saturated carbocycles. The first-order valence-electron chi connectivity index (χ1n) is 5.99. The minimum atomic E-state index is -1.43. The van der Waals surface area contributed by atoms with Crippen molar-refractivity contribution in [2.45, 2.75) is 58.2 Å². The molecule has 0 bridgehead atoms. The molecule has 0 aromatic rings. The van der Waals surface area contributed by atoms with Crippen LogP contribution in [0.15, 0.2) is 12.7 Å². The van der Waals surface area contributed by atoms with Gasteiger partial charge in [0.15, 0.2) is 8.32 Å². The van der Waals surface area contributed by atoms with Crippen LogP contribution in [0, 0.1) is 0 Å². The smallest absolute Gasteiger partial charge is 0.196 e. The van der Waals surface area contributed by atoms with Crippen LogP contribution in [0.2, 0.25) is 18.1 Å². The molecule has 0 aromatic heterocycles. The van der Waals surface area contributed by atoms with Gasteiger partial charge in [-0.15, -0.1) is 6.58 Å². The second-order valence-corrected chi connectivity index (χ2v) is 8.09. The number of allylic oxidation sites excluding steroid dienone is 1. The third kappa shape index (κ3) is 4.96. The predicted octanol–water partition coefficient (Wildman–Crippen LogP) is 4.36. The largest absolute Gasteiger partial charge is 0.417 e. The van der Waals surface area contributed by atoms with Gasteiger partial charge in [-0.3, -0.25) is 0 Å². The fourth-order valence-corrected chi connectivity index (χ4v) is 6.08. The molecule has 1 nitrogen and oxygen atoms in total. The highest BCUT2D eigenvalue weighted by atomic mass is 28.4. The van der Waals surface area contributed by atoms with Gasteiger partial charge in [-0.2, -0.15) is 0 Å². The molecule has 0 aliphatic heterocycles. The lowest BCUT2D eigenvalue weighted by Gasteiger charge is -2.30. The maximum Gasteiger partial charge on any atom is 0.196 e. The van der Waals surface area contributed by atoms with Gasteiger partial charge >= 0.3 is 0 Å². The van der Waals surface area contributed by atoms with Crippen LogP contribution in [0.4, 0.5) is 0 Å². The Morgan fingerprint density at radius 2 is 1.64 bits per heavy atom. The van der Waals surface area contributed by atoms with Gasteiger partial charge in [0, 0.05) is 6.61 Å². The molecule has 0 aliphatic carbocycles. The van der Waals surface area contributed by atoms with Crippen LogP contribution in [0.5, 0.6) is 0 Å². The molecule has 0 N–H and O–H groups in total. The summed E-state index contributed by atoms with van der Waals surface area (Å²) < 4.78 is 6.17. The first-order valence-corrected chi connectivity index (χ1v) is 8.52. The average Bonchev–Trinajstić information content (AvgIpc) is 2.16. The number of rotatable bonds is 9. The van der Waals surface area contributed by atoms with Crippen LogP contribution in [0.3, 0.4) is 0 Å². The molecule has 14 heavy (non-hydrogen) atoms. The van der Waals surface area contributed by atoms with E-state index in [4.69, 9.17) is 4.43 Å².